The van der Waals surface area contributed by atoms with Crippen molar-refractivity contribution in [2.45, 2.75) is 12.7 Å². The highest BCUT2D eigenvalue weighted by Gasteiger charge is 2.40. The zero-order valence-corrected chi connectivity index (χ0v) is 8.17. The molecule has 0 aromatic rings. The van der Waals surface area contributed by atoms with Crippen molar-refractivity contribution in [3.8, 4) is 0 Å². The molecule has 1 saturated heterocycles. The monoisotopic (exact) mass is 208 g/mol. The van der Waals surface area contributed by atoms with Crippen LogP contribution in [-0.2, 0) is 24.1 Å². The van der Waals surface area contributed by atoms with Crippen molar-refractivity contribution >= 4 is 16.1 Å². The van der Waals surface area contributed by atoms with E-state index in [1.54, 1.807) is 0 Å². The molecule has 0 bridgehead atoms. The Labute approximate surface area is 76.9 Å². The van der Waals surface area contributed by atoms with Crippen LogP contribution in [0, 0.1) is 0 Å². The normalized spacial score (nSPS) is 21.6. The molecule has 13 heavy (non-hydrogen) atoms. The van der Waals surface area contributed by atoms with E-state index in [0.29, 0.717) is 6.29 Å². The predicted octanol–water partition coefficient (Wildman–Crippen LogP) is -0.637. The number of ether oxygens (including phenoxy) is 2. The average Bonchev–Trinajstić information content (AvgIpc) is 2.53. The van der Waals surface area contributed by atoms with Gasteiger partial charge in [-0.2, -0.15) is 0 Å². The minimum Gasteiger partial charge on any atom is -0.341 e. The van der Waals surface area contributed by atoms with Crippen LogP contribution in [0.4, 0.5) is 0 Å². The maximum Gasteiger partial charge on any atom is 0.240 e. The Morgan fingerprint density at radius 3 is 2.31 bits per heavy atom. The van der Waals surface area contributed by atoms with Gasteiger partial charge in [-0.1, -0.05) is 6.92 Å². The number of hydrogen-bond acceptors (Lipinski definition) is 5. The number of hydrogen-bond donors (Lipinski definition) is 0. The van der Waals surface area contributed by atoms with Gasteiger partial charge in [0.05, 0.1) is 13.2 Å². The van der Waals surface area contributed by atoms with Gasteiger partial charge < -0.3 is 9.47 Å². The van der Waals surface area contributed by atoms with E-state index >= 15 is 0 Å². The third-order valence-electron chi connectivity index (χ3n) is 1.82. The third-order valence-corrected chi connectivity index (χ3v) is 3.54. The van der Waals surface area contributed by atoms with Gasteiger partial charge in [-0.15, -0.1) is 0 Å². The summed E-state index contributed by atoms with van der Waals surface area (Å²) in [6.07, 6.45) is 0.410. The minimum atomic E-state index is -3.25. The molecular formula is C7H12O5S. The predicted molar refractivity (Wildman–Crippen MR) is 45.0 cm³/mol. The van der Waals surface area contributed by atoms with E-state index in [0.717, 1.165) is 0 Å². The van der Waals surface area contributed by atoms with E-state index in [4.69, 9.17) is 9.47 Å². The Morgan fingerprint density at radius 2 is 1.92 bits per heavy atom. The second-order valence-corrected chi connectivity index (χ2v) is 5.16. The van der Waals surface area contributed by atoms with Gasteiger partial charge in [-0.05, 0) is 0 Å². The summed E-state index contributed by atoms with van der Waals surface area (Å²) in [5, 5.41) is 0. The summed E-state index contributed by atoms with van der Waals surface area (Å²) < 4.78 is 32.3. The SMILES string of the molecule is CCS(=O)(=O)CC1(C=O)OCCO1. The van der Waals surface area contributed by atoms with E-state index in [1.165, 1.54) is 6.92 Å². The molecule has 1 fully saturated rings. The first-order chi connectivity index (χ1) is 6.04. The van der Waals surface area contributed by atoms with Crippen LogP contribution in [0.2, 0.25) is 0 Å². The lowest BCUT2D eigenvalue weighted by Crippen LogP contribution is -2.40. The van der Waals surface area contributed by atoms with Crippen LogP contribution in [0.5, 0.6) is 0 Å². The van der Waals surface area contributed by atoms with Crippen molar-refractivity contribution in [3.05, 3.63) is 0 Å². The van der Waals surface area contributed by atoms with Crippen LogP contribution in [-0.4, -0.2) is 45.2 Å². The number of rotatable bonds is 4. The Balaban J connectivity index is 2.75. The molecule has 0 saturated carbocycles. The summed E-state index contributed by atoms with van der Waals surface area (Å²) in [6, 6.07) is 0. The van der Waals surface area contributed by atoms with Crippen LogP contribution in [0.25, 0.3) is 0 Å². The molecule has 76 valence electrons. The molecule has 0 spiro atoms. The second-order valence-electron chi connectivity index (χ2n) is 2.80. The summed E-state index contributed by atoms with van der Waals surface area (Å²) in [5.74, 6) is -1.95. The molecule has 0 aromatic heterocycles. The second kappa shape index (κ2) is 3.73. The van der Waals surface area contributed by atoms with Crippen molar-refractivity contribution in [2.24, 2.45) is 0 Å². The van der Waals surface area contributed by atoms with E-state index in [2.05, 4.69) is 0 Å². The summed E-state index contributed by atoms with van der Waals surface area (Å²) in [4.78, 5) is 10.6. The van der Waals surface area contributed by atoms with Gasteiger partial charge in [0.25, 0.3) is 0 Å². The lowest BCUT2D eigenvalue weighted by atomic mass is 10.4. The van der Waals surface area contributed by atoms with Gasteiger partial charge in [0.1, 0.15) is 5.75 Å². The largest absolute Gasteiger partial charge is 0.341 e. The van der Waals surface area contributed by atoms with Crippen molar-refractivity contribution in [2.75, 3.05) is 24.7 Å². The number of carbonyl (C=O) groups excluding carboxylic acids is 1. The molecule has 0 radical (unpaired) electrons. The lowest BCUT2D eigenvalue weighted by molar-refractivity contribution is -0.158. The van der Waals surface area contributed by atoms with E-state index in [9.17, 15) is 13.2 Å². The lowest BCUT2D eigenvalue weighted by Gasteiger charge is -2.19. The van der Waals surface area contributed by atoms with Gasteiger partial charge in [0.15, 0.2) is 16.1 Å². The zero-order valence-electron chi connectivity index (χ0n) is 7.36. The molecule has 5 nitrogen and oxygen atoms in total. The van der Waals surface area contributed by atoms with E-state index < -0.39 is 15.6 Å². The van der Waals surface area contributed by atoms with Gasteiger partial charge in [0.2, 0.25) is 5.79 Å². The Morgan fingerprint density at radius 1 is 1.38 bits per heavy atom. The van der Waals surface area contributed by atoms with Crippen molar-refractivity contribution in [1.82, 2.24) is 0 Å². The Hall–Kier alpha value is -0.460. The van der Waals surface area contributed by atoms with Gasteiger partial charge in [-0.3, -0.25) is 4.79 Å². The van der Waals surface area contributed by atoms with Crippen LogP contribution in [0.3, 0.4) is 0 Å². The van der Waals surface area contributed by atoms with Crippen LogP contribution >= 0.6 is 0 Å². The fourth-order valence-corrected chi connectivity index (χ4v) is 2.12. The summed E-state index contributed by atoms with van der Waals surface area (Å²) in [6.45, 7) is 2.04. The maximum absolute atomic E-state index is 11.2. The maximum atomic E-state index is 11.2. The molecule has 0 aromatic carbocycles. The molecule has 0 unspecified atom stereocenters. The Bertz CT molecular complexity index is 275. The molecule has 0 atom stereocenters. The molecule has 0 aliphatic carbocycles. The van der Waals surface area contributed by atoms with Crippen molar-refractivity contribution in [1.29, 1.82) is 0 Å². The number of aldehydes is 1. The van der Waals surface area contributed by atoms with Gasteiger partial charge in [0, 0.05) is 5.75 Å². The molecule has 1 aliphatic heterocycles. The quantitative estimate of drug-likeness (QED) is 0.575. The first-order valence-electron chi connectivity index (χ1n) is 3.98. The molecule has 1 aliphatic rings. The van der Waals surface area contributed by atoms with Gasteiger partial charge >= 0.3 is 0 Å². The van der Waals surface area contributed by atoms with Crippen LogP contribution < -0.4 is 0 Å². The topological polar surface area (TPSA) is 69.7 Å². The van der Waals surface area contributed by atoms with Gasteiger partial charge in [-0.25, -0.2) is 8.42 Å². The summed E-state index contributed by atoms with van der Waals surface area (Å²) >= 11 is 0. The van der Waals surface area contributed by atoms with Crippen molar-refractivity contribution < 1.29 is 22.7 Å². The number of sulfone groups is 1. The molecule has 6 heteroatoms. The standard InChI is InChI=1S/C7H12O5S/c1-2-13(9,10)6-7(5-8)11-3-4-12-7/h5H,2-4,6H2,1H3. The number of carbonyl (C=O) groups is 1. The molecular weight excluding hydrogens is 196 g/mol. The third kappa shape index (κ3) is 2.49. The Kier molecular flexibility index (Phi) is 3.05. The van der Waals surface area contributed by atoms with Crippen LogP contribution in [0.15, 0.2) is 0 Å². The zero-order chi connectivity index (χ0) is 9.95. The highest BCUT2D eigenvalue weighted by molar-refractivity contribution is 7.91. The van der Waals surface area contributed by atoms with E-state index in [1.807, 2.05) is 0 Å². The molecule has 0 N–H and O–H groups in total. The highest BCUT2D eigenvalue weighted by Crippen LogP contribution is 2.19. The molecule has 1 heterocycles. The van der Waals surface area contributed by atoms with Crippen molar-refractivity contribution in [3.63, 3.8) is 0 Å². The molecule has 0 amide bonds. The summed E-state index contributed by atoms with van der Waals surface area (Å²) in [7, 11) is -3.25. The van der Waals surface area contributed by atoms with E-state index in [-0.39, 0.29) is 24.7 Å². The fourth-order valence-electron chi connectivity index (χ4n) is 1.06. The first-order valence-corrected chi connectivity index (χ1v) is 5.80. The van der Waals surface area contributed by atoms with Crippen LogP contribution in [0.1, 0.15) is 6.92 Å². The summed E-state index contributed by atoms with van der Waals surface area (Å²) in [5.41, 5.74) is 0. The average molecular weight is 208 g/mol. The molecule has 1 rings (SSSR count). The first kappa shape index (κ1) is 10.6. The smallest absolute Gasteiger partial charge is 0.240 e. The minimum absolute atomic E-state index is 0.0185. The highest BCUT2D eigenvalue weighted by atomic mass is 32.2. The fraction of sp³-hybridized carbons (Fsp3) is 0.857.